The predicted octanol–water partition coefficient (Wildman–Crippen LogP) is 1.78. The highest BCUT2D eigenvalue weighted by Crippen LogP contribution is 2.21. The lowest BCUT2D eigenvalue weighted by molar-refractivity contribution is -0.125. The van der Waals surface area contributed by atoms with Crippen molar-refractivity contribution in [2.75, 3.05) is 11.9 Å². The van der Waals surface area contributed by atoms with E-state index in [2.05, 4.69) is 36.9 Å². The van der Waals surface area contributed by atoms with Gasteiger partial charge in [-0.25, -0.2) is 0 Å². The SMILES string of the molecule is CC(NC(=O)c1ccc(Br)s1)C(=O)NCC(=O)Nc1cccnc1. The number of hydrogen-bond donors (Lipinski definition) is 3. The van der Waals surface area contributed by atoms with Gasteiger partial charge in [0, 0.05) is 6.20 Å². The fraction of sp³-hybridized carbons (Fsp3) is 0.200. The summed E-state index contributed by atoms with van der Waals surface area (Å²) in [6, 6.07) is 6.04. The lowest BCUT2D eigenvalue weighted by atomic mass is 10.3. The molecule has 2 heterocycles. The van der Waals surface area contributed by atoms with Crippen molar-refractivity contribution in [2.45, 2.75) is 13.0 Å². The maximum absolute atomic E-state index is 12.0. The molecule has 24 heavy (non-hydrogen) atoms. The third-order valence-corrected chi connectivity index (χ3v) is 4.53. The molecule has 3 amide bonds. The normalized spacial score (nSPS) is 11.4. The van der Waals surface area contributed by atoms with Gasteiger partial charge in [-0.15, -0.1) is 11.3 Å². The van der Waals surface area contributed by atoms with Crippen LogP contribution in [0.5, 0.6) is 0 Å². The molecule has 126 valence electrons. The molecule has 0 aromatic carbocycles. The average molecular weight is 411 g/mol. The monoisotopic (exact) mass is 410 g/mol. The number of thiophene rings is 1. The summed E-state index contributed by atoms with van der Waals surface area (Å²) in [6.45, 7) is 1.35. The molecule has 0 aliphatic rings. The predicted molar refractivity (Wildman–Crippen MR) is 94.8 cm³/mol. The van der Waals surface area contributed by atoms with Crippen LogP contribution in [0.2, 0.25) is 0 Å². The summed E-state index contributed by atoms with van der Waals surface area (Å²) in [5.74, 6) is -1.16. The molecule has 0 bridgehead atoms. The number of carbonyl (C=O) groups excluding carboxylic acids is 3. The highest BCUT2D eigenvalue weighted by Gasteiger charge is 2.18. The van der Waals surface area contributed by atoms with Gasteiger partial charge in [-0.05, 0) is 47.1 Å². The second kappa shape index (κ2) is 8.55. The van der Waals surface area contributed by atoms with E-state index in [1.165, 1.54) is 17.5 Å². The van der Waals surface area contributed by atoms with Gasteiger partial charge in [0.2, 0.25) is 11.8 Å². The quantitative estimate of drug-likeness (QED) is 0.675. The van der Waals surface area contributed by atoms with E-state index in [-0.39, 0.29) is 18.4 Å². The second-order valence-electron chi connectivity index (χ2n) is 4.81. The van der Waals surface area contributed by atoms with Crippen LogP contribution < -0.4 is 16.0 Å². The van der Waals surface area contributed by atoms with E-state index in [1.807, 2.05) is 0 Å². The molecule has 7 nitrogen and oxygen atoms in total. The number of amides is 3. The van der Waals surface area contributed by atoms with Crippen molar-refractivity contribution in [1.29, 1.82) is 0 Å². The minimum Gasteiger partial charge on any atom is -0.345 e. The first-order valence-electron chi connectivity index (χ1n) is 6.99. The first kappa shape index (κ1) is 18.1. The molecule has 3 N–H and O–H groups in total. The number of aromatic nitrogens is 1. The molecule has 2 aromatic rings. The number of nitrogens with one attached hydrogen (secondary N) is 3. The Hall–Kier alpha value is -2.26. The Kier molecular flexibility index (Phi) is 6.44. The number of hydrogen-bond acceptors (Lipinski definition) is 5. The van der Waals surface area contributed by atoms with Crippen molar-refractivity contribution in [1.82, 2.24) is 15.6 Å². The largest absolute Gasteiger partial charge is 0.345 e. The van der Waals surface area contributed by atoms with Gasteiger partial charge >= 0.3 is 0 Å². The number of carbonyl (C=O) groups is 3. The van der Waals surface area contributed by atoms with E-state index in [0.717, 1.165) is 3.79 Å². The lowest BCUT2D eigenvalue weighted by Crippen LogP contribution is -2.46. The zero-order valence-electron chi connectivity index (χ0n) is 12.7. The minimum absolute atomic E-state index is 0.196. The van der Waals surface area contributed by atoms with Crippen molar-refractivity contribution in [2.24, 2.45) is 0 Å². The van der Waals surface area contributed by atoms with Gasteiger partial charge in [-0.3, -0.25) is 19.4 Å². The summed E-state index contributed by atoms with van der Waals surface area (Å²) < 4.78 is 0.830. The fourth-order valence-electron chi connectivity index (χ4n) is 1.73. The van der Waals surface area contributed by atoms with Crippen molar-refractivity contribution >= 4 is 50.7 Å². The van der Waals surface area contributed by atoms with E-state index in [9.17, 15) is 14.4 Å². The topological polar surface area (TPSA) is 100 Å². The fourth-order valence-corrected chi connectivity index (χ4v) is 3.02. The smallest absolute Gasteiger partial charge is 0.262 e. The van der Waals surface area contributed by atoms with E-state index in [4.69, 9.17) is 0 Å². The summed E-state index contributed by atoms with van der Waals surface area (Å²) in [6.07, 6.45) is 3.09. The molecule has 0 aliphatic heterocycles. The maximum Gasteiger partial charge on any atom is 0.262 e. The maximum atomic E-state index is 12.0. The van der Waals surface area contributed by atoms with Crippen LogP contribution in [0.1, 0.15) is 16.6 Å². The van der Waals surface area contributed by atoms with Crippen molar-refractivity contribution in [3.63, 3.8) is 0 Å². The Balaban J connectivity index is 1.77. The Morgan fingerprint density at radius 3 is 2.71 bits per heavy atom. The lowest BCUT2D eigenvalue weighted by Gasteiger charge is -2.13. The summed E-state index contributed by atoms with van der Waals surface area (Å²) in [5.41, 5.74) is 0.543. The molecule has 0 aliphatic carbocycles. The van der Waals surface area contributed by atoms with Crippen molar-refractivity contribution in [3.05, 3.63) is 45.3 Å². The molecule has 0 saturated carbocycles. The number of nitrogens with zero attached hydrogens (tertiary/aromatic N) is 1. The van der Waals surface area contributed by atoms with E-state index >= 15 is 0 Å². The number of halogens is 1. The van der Waals surface area contributed by atoms with Gasteiger partial charge in [0.1, 0.15) is 6.04 Å². The second-order valence-corrected chi connectivity index (χ2v) is 7.27. The Bertz CT molecular complexity index is 735. The molecule has 0 saturated heterocycles. The van der Waals surface area contributed by atoms with Gasteiger partial charge in [0.15, 0.2) is 0 Å². The van der Waals surface area contributed by atoms with Crippen LogP contribution >= 0.6 is 27.3 Å². The van der Waals surface area contributed by atoms with E-state index in [1.54, 1.807) is 37.4 Å². The number of rotatable bonds is 6. The zero-order valence-corrected chi connectivity index (χ0v) is 15.1. The number of pyridine rings is 1. The molecule has 0 spiro atoms. The van der Waals surface area contributed by atoms with Gasteiger partial charge < -0.3 is 16.0 Å². The summed E-state index contributed by atoms with van der Waals surface area (Å²) >= 11 is 4.55. The average Bonchev–Trinajstić information content (AvgIpc) is 3.00. The molecule has 1 atom stereocenters. The Morgan fingerprint density at radius 2 is 2.08 bits per heavy atom. The zero-order chi connectivity index (χ0) is 17.5. The van der Waals surface area contributed by atoms with Crippen LogP contribution in [0.25, 0.3) is 0 Å². The Morgan fingerprint density at radius 1 is 1.29 bits per heavy atom. The molecular formula is C15H15BrN4O3S. The summed E-state index contributed by atoms with van der Waals surface area (Å²) in [7, 11) is 0. The van der Waals surface area contributed by atoms with Crippen molar-refractivity contribution < 1.29 is 14.4 Å². The van der Waals surface area contributed by atoms with Crippen LogP contribution in [-0.2, 0) is 9.59 Å². The van der Waals surface area contributed by atoms with Crippen LogP contribution in [0.3, 0.4) is 0 Å². The third kappa shape index (κ3) is 5.43. The molecule has 2 rings (SSSR count). The van der Waals surface area contributed by atoms with Crippen LogP contribution in [-0.4, -0.2) is 35.3 Å². The minimum atomic E-state index is -0.760. The summed E-state index contributed by atoms with van der Waals surface area (Å²) in [4.78, 5) is 40.0. The van der Waals surface area contributed by atoms with E-state index < -0.39 is 11.9 Å². The van der Waals surface area contributed by atoms with Gasteiger partial charge in [-0.1, -0.05) is 0 Å². The van der Waals surface area contributed by atoms with Crippen LogP contribution in [0, 0.1) is 0 Å². The van der Waals surface area contributed by atoms with Crippen LogP contribution in [0.4, 0.5) is 5.69 Å². The van der Waals surface area contributed by atoms with Gasteiger partial charge in [0.25, 0.3) is 5.91 Å². The molecule has 0 fully saturated rings. The molecule has 9 heteroatoms. The first-order chi connectivity index (χ1) is 11.5. The van der Waals surface area contributed by atoms with E-state index in [0.29, 0.717) is 10.6 Å². The highest BCUT2D eigenvalue weighted by molar-refractivity contribution is 9.11. The highest BCUT2D eigenvalue weighted by atomic mass is 79.9. The first-order valence-corrected chi connectivity index (χ1v) is 8.60. The van der Waals surface area contributed by atoms with Gasteiger partial charge in [0.05, 0.1) is 27.1 Å². The Labute approximate surface area is 151 Å². The van der Waals surface area contributed by atoms with Gasteiger partial charge in [-0.2, -0.15) is 0 Å². The number of anilines is 1. The molecule has 0 radical (unpaired) electrons. The molecule has 1 unspecified atom stereocenters. The molecule has 2 aromatic heterocycles. The van der Waals surface area contributed by atoms with Crippen LogP contribution in [0.15, 0.2) is 40.4 Å². The third-order valence-electron chi connectivity index (χ3n) is 2.91. The van der Waals surface area contributed by atoms with Crippen molar-refractivity contribution in [3.8, 4) is 0 Å². The molecular weight excluding hydrogens is 396 g/mol. The summed E-state index contributed by atoms with van der Waals surface area (Å²) in [5, 5.41) is 7.65. The standard InChI is InChI=1S/C15H15BrN4O3S/c1-9(19-15(23)11-4-5-12(16)24-11)14(22)18-8-13(21)20-10-3-2-6-17-7-10/h2-7,9H,8H2,1H3,(H,18,22)(H,19,23)(H,20,21).